The van der Waals surface area contributed by atoms with Crippen LogP contribution in [-0.2, 0) is 4.79 Å². The lowest BCUT2D eigenvalue weighted by Crippen LogP contribution is -2.33. The standard InChI is InChI=1S/C5H9N2OP/c6-5(8)4-2-1-3-7(4)9/h1,3-4H,2,9H2,(H2,6,8)/t4-/m0/s1. The summed E-state index contributed by atoms with van der Waals surface area (Å²) in [6.45, 7) is 0. The second-order valence-corrected chi connectivity index (χ2v) is 2.58. The van der Waals surface area contributed by atoms with Gasteiger partial charge in [-0.05, 0) is 22.0 Å². The number of carbonyl (C=O) groups is 1. The van der Waals surface area contributed by atoms with Crippen molar-refractivity contribution in [2.75, 3.05) is 0 Å². The van der Waals surface area contributed by atoms with Gasteiger partial charge in [-0.2, -0.15) is 0 Å². The second kappa shape index (κ2) is 2.36. The van der Waals surface area contributed by atoms with Crippen molar-refractivity contribution in [1.82, 2.24) is 4.67 Å². The average molecular weight is 144 g/mol. The Morgan fingerprint density at radius 1 is 1.89 bits per heavy atom. The first kappa shape index (κ1) is 6.56. The molecule has 0 aromatic rings. The molecule has 3 nitrogen and oxygen atoms in total. The van der Waals surface area contributed by atoms with Crippen molar-refractivity contribution in [3.05, 3.63) is 12.3 Å². The van der Waals surface area contributed by atoms with Crippen molar-refractivity contribution in [3.63, 3.8) is 0 Å². The third-order valence-corrected chi connectivity index (χ3v) is 1.86. The Hall–Kier alpha value is -0.560. The molecule has 2 N–H and O–H groups in total. The van der Waals surface area contributed by atoms with E-state index in [1.165, 1.54) is 0 Å². The van der Waals surface area contributed by atoms with Gasteiger partial charge in [0.2, 0.25) is 5.91 Å². The highest BCUT2D eigenvalue weighted by Gasteiger charge is 2.20. The van der Waals surface area contributed by atoms with Crippen molar-refractivity contribution in [2.45, 2.75) is 12.5 Å². The van der Waals surface area contributed by atoms with Gasteiger partial charge in [0.05, 0.1) is 0 Å². The van der Waals surface area contributed by atoms with E-state index in [1.54, 1.807) is 4.67 Å². The fourth-order valence-corrected chi connectivity index (χ4v) is 1.19. The quantitative estimate of drug-likeness (QED) is 0.520. The normalized spacial score (nSPS) is 25.0. The largest absolute Gasteiger partial charge is 0.368 e. The summed E-state index contributed by atoms with van der Waals surface area (Å²) in [5, 5.41) is 0. The number of primary amides is 1. The summed E-state index contributed by atoms with van der Waals surface area (Å²) in [6, 6.07) is -0.144. The molecule has 0 spiro atoms. The molecule has 0 radical (unpaired) electrons. The molecule has 0 saturated heterocycles. The third kappa shape index (κ3) is 1.22. The van der Waals surface area contributed by atoms with Gasteiger partial charge >= 0.3 is 0 Å². The maximum atomic E-state index is 10.5. The minimum Gasteiger partial charge on any atom is -0.368 e. The van der Waals surface area contributed by atoms with Gasteiger partial charge in [0.25, 0.3) is 0 Å². The minimum absolute atomic E-state index is 0.144. The number of nitrogens with zero attached hydrogens (tertiary/aromatic N) is 1. The van der Waals surface area contributed by atoms with Crippen LogP contribution < -0.4 is 5.73 Å². The summed E-state index contributed by atoms with van der Waals surface area (Å²) in [7, 11) is 2.43. The summed E-state index contributed by atoms with van der Waals surface area (Å²) >= 11 is 0. The molecule has 1 aliphatic heterocycles. The van der Waals surface area contributed by atoms with Crippen LogP contribution in [0.25, 0.3) is 0 Å². The highest BCUT2D eigenvalue weighted by molar-refractivity contribution is 7.13. The lowest BCUT2D eigenvalue weighted by molar-refractivity contribution is -0.120. The van der Waals surface area contributed by atoms with Crippen molar-refractivity contribution in [2.24, 2.45) is 5.73 Å². The van der Waals surface area contributed by atoms with Crippen molar-refractivity contribution in [3.8, 4) is 0 Å². The number of rotatable bonds is 1. The van der Waals surface area contributed by atoms with Gasteiger partial charge in [0.15, 0.2) is 0 Å². The highest BCUT2D eigenvalue weighted by Crippen LogP contribution is 2.17. The summed E-state index contributed by atoms with van der Waals surface area (Å²) in [6.07, 6.45) is 4.49. The van der Waals surface area contributed by atoms with Gasteiger partial charge in [-0.1, -0.05) is 6.08 Å². The molecule has 4 heteroatoms. The summed E-state index contributed by atoms with van der Waals surface area (Å²) < 4.78 is 1.74. The molecule has 0 aliphatic carbocycles. The van der Waals surface area contributed by atoms with Gasteiger partial charge in [0.1, 0.15) is 6.04 Å². The van der Waals surface area contributed by atoms with E-state index >= 15 is 0 Å². The summed E-state index contributed by atoms with van der Waals surface area (Å²) in [5.74, 6) is -0.269. The summed E-state index contributed by atoms with van der Waals surface area (Å²) in [4.78, 5) is 10.5. The van der Waals surface area contributed by atoms with E-state index in [1.807, 2.05) is 12.3 Å². The molecule has 0 saturated carbocycles. The van der Waals surface area contributed by atoms with E-state index in [0.717, 1.165) is 6.42 Å². The second-order valence-electron chi connectivity index (χ2n) is 1.99. The monoisotopic (exact) mass is 144 g/mol. The number of hydrogen-bond acceptors (Lipinski definition) is 2. The van der Waals surface area contributed by atoms with Crippen LogP contribution in [0.5, 0.6) is 0 Å². The van der Waals surface area contributed by atoms with E-state index in [0.29, 0.717) is 0 Å². The van der Waals surface area contributed by atoms with E-state index < -0.39 is 0 Å². The van der Waals surface area contributed by atoms with Crippen molar-refractivity contribution < 1.29 is 4.79 Å². The van der Waals surface area contributed by atoms with E-state index in [9.17, 15) is 4.79 Å². The van der Waals surface area contributed by atoms with Crippen LogP contribution in [0.3, 0.4) is 0 Å². The van der Waals surface area contributed by atoms with Gasteiger partial charge in [-0.3, -0.25) is 4.79 Å². The number of carbonyl (C=O) groups excluding carboxylic acids is 1. The van der Waals surface area contributed by atoms with E-state index in [-0.39, 0.29) is 11.9 Å². The number of hydrogen-bond donors (Lipinski definition) is 1. The first-order valence-electron chi connectivity index (χ1n) is 2.71. The first-order valence-corrected chi connectivity index (χ1v) is 3.22. The van der Waals surface area contributed by atoms with Gasteiger partial charge in [-0.25, -0.2) is 0 Å². The molecule has 1 amide bonds. The topological polar surface area (TPSA) is 46.3 Å². The number of nitrogens with two attached hydrogens (primary N) is 1. The Morgan fingerprint density at radius 2 is 2.56 bits per heavy atom. The molecular weight excluding hydrogens is 135 g/mol. The lowest BCUT2D eigenvalue weighted by Gasteiger charge is -2.15. The Balaban J connectivity index is 2.55. The van der Waals surface area contributed by atoms with Crippen LogP contribution in [0.4, 0.5) is 0 Å². The van der Waals surface area contributed by atoms with Crippen LogP contribution >= 0.6 is 9.39 Å². The van der Waals surface area contributed by atoms with Gasteiger partial charge in [-0.15, -0.1) is 0 Å². The maximum Gasteiger partial charge on any atom is 0.240 e. The molecule has 0 fully saturated rings. The minimum atomic E-state index is -0.269. The van der Waals surface area contributed by atoms with Crippen LogP contribution in [0.1, 0.15) is 6.42 Å². The molecule has 1 unspecified atom stereocenters. The van der Waals surface area contributed by atoms with Crippen LogP contribution in [0.15, 0.2) is 12.3 Å². The zero-order chi connectivity index (χ0) is 6.85. The van der Waals surface area contributed by atoms with Crippen LogP contribution in [0, 0.1) is 0 Å². The molecule has 0 bridgehead atoms. The first-order chi connectivity index (χ1) is 4.22. The fourth-order valence-electron chi connectivity index (χ4n) is 0.800. The van der Waals surface area contributed by atoms with Crippen LogP contribution in [0.2, 0.25) is 0 Å². The van der Waals surface area contributed by atoms with E-state index in [4.69, 9.17) is 5.73 Å². The predicted molar refractivity (Wildman–Crippen MR) is 38.3 cm³/mol. The van der Waals surface area contributed by atoms with Crippen molar-refractivity contribution in [1.29, 1.82) is 0 Å². The molecule has 1 heterocycles. The molecule has 1 aliphatic rings. The molecule has 9 heavy (non-hydrogen) atoms. The molecule has 2 atom stereocenters. The SMILES string of the molecule is NC(=O)[C@@H]1CC=CN1P. The van der Waals surface area contributed by atoms with Gasteiger partial charge in [0, 0.05) is 0 Å². The Morgan fingerprint density at radius 3 is 2.78 bits per heavy atom. The molecule has 1 rings (SSSR count). The molecule has 50 valence electrons. The lowest BCUT2D eigenvalue weighted by atomic mass is 10.2. The third-order valence-electron chi connectivity index (χ3n) is 1.33. The smallest absolute Gasteiger partial charge is 0.240 e. The maximum absolute atomic E-state index is 10.5. The zero-order valence-corrected chi connectivity index (χ0v) is 6.10. The molecular formula is C5H9N2OP. The van der Waals surface area contributed by atoms with E-state index in [2.05, 4.69) is 9.39 Å². The Labute approximate surface area is 56.2 Å². The highest BCUT2D eigenvalue weighted by atomic mass is 31.0. The zero-order valence-electron chi connectivity index (χ0n) is 4.95. The van der Waals surface area contributed by atoms with Gasteiger partial charge < -0.3 is 10.4 Å². The Kier molecular flexibility index (Phi) is 1.72. The molecule has 0 aromatic carbocycles. The summed E-state index contributed by atoms with van der Waals surface area (Å²) in [5.41, 5.74) is 5.05. The van der Waals surface area contributed by atoms with Crippen LogP contribution in [-0.4, -0.2) is 16.6 Å². The molecule has 0 aromatic heterocycles. The average Bonchev–Trinajstić information content (AvgIpc) is 2.13. The fraction of sp³-hybridized carbons (Fsp3) is 0.400. The number of amides is 1. The Bertz CT molecular complexity index is 157. The predicted octanol–water partition coefficient (Wildman–Crippen LogP) is -0.150. The van der Waals surface area contributed by atoms with Crippen molar-refractivity contribution >= 4 is 15.3 Å².